The molecule has 0 amide bonds. The summed E-state index contributed by atoms with van der Waals surface area (Å²) in [6.45, 7) is 5.59. The summed E-state index contributed by atoms with van der Waals surface area (Å²) in [5, 5.41) is 0. The Morgan fingerprint density at radius 3 is 1.72 bits per heavy atom. The normalized spacial score (nSPS) is 39.1. The van der Waals surface area contributed by atoms with Crippen molar-refractivity contribution in [3.05, 3.63) is 0 Å². The van der Waals surface area contributed by atoms with Gasteiger partial charge in [-0.05, 0) is 117 Å². The molecule has 5 fully saturated rings. The molecule has 39 heavy (non-hydrogen) atoms. The van der Waals surface area contributed by atoms with E-state index in [-0.39, 0.29) is 6.10 Å². The molecular formula is C37H64O2. The van der Waals surface area contributed by atoms with Gasteiger partial charge in [-0.1, -0.05) is 104 Å². The van der Waals surface area contributed by atoms with Crippen LogP contribution in [0.3, 0.4) is 0 Å². The lowest BCUT2D eigenvalue weighted by Crippen LogP contribution is -2.49. The number of carbonyl (C=O) groups is 1. The first-order chi connectivity index (χ1) is 19.1. The van der Waals surface area contributed by atoms with E-state index >= 15 is 0 Å². The van der Waals surface area contributed by atoms with Crippen LogP contribution in [0, 0.1) is 46.3 Å². The van der Waals surface area contributed by atoms with E-state index in [0.29, 0.717) is 10.8 Å². The maximum absolute atomic E-state index is 11.2. The monoisotopic (exact) mass is 540 g/mol. The Morgan fingerprint density at radius 2 is 1.18 bits per heavy atom. The number of ether oxygens (including phenoxy) is 1. The maximum Gasteiger partial charge on any atom is 0.293 e. The molecule has 0 heterocycles. The Morgan fingerprint density at radius 1 is 0.641 bits per heavy atom. The first-order valence-corrected chi connectivity index (χ1v) is 18.2. The van der Waals surface area contributed by atoms with Gasteiger partial charge in [0.25, 0.3) is 6.47 Å². The molecule has 224 valence electrons. The largest absolute Gasteiger partial charge is 0.465 e. The molecular weight excluding hydrogens is 476 g/mol. The quantitative estimate of drug-likeness (QED) is 0.258. The van der Waals surface area contributed by atoms with Crippen LogP contribution in [0.1, 0.15) is 174 Å². The Kier molecular flexibility index (Phi) is 10.8. The minimum absolute atomic E-state index is 0.184. The average Bonchev–Trinajstić information content (AvgIpc) is 3.02. The highest BCUT2D eigenvalue weighted by atomic mass is 16.5. The zero-order valence-electron chi connectivity index (χ0n) is 26.1. The van der Waals surface area contributed by atoms with Crippen molar-refractivity contribution in [1.82, 2.24) is 0 Å². The van der Waals surface area contributed by atoms with Crippen molar-refractivity contribution in [3.8, 4) is 0 Å². The molecule has 0 aromatic carbocycles. The van der Waals surface area contributed by atoms with Crippen molar-refractivity contribution in [3.63, 3.8) is 0 Å². The number of carbonyl (C=O) groups excluding carboxylic acids is 1. The van der Waals surface area contributed by atoms with E-state index in [2.05, 4.69) is 13.8 Å². The second kappa shape index (κ2) is 14.1. The Balaban J connectivity index is 1.46. The molecule has 0 spiro atoms. The Hall–Kier alpha value is -0.530. The Labute approximate surface area is 242 Å². The fourth-order valence-electron chi connectivity index (χ4n) is 11.6. The first kappa shape index (κ1) is 29.9. The van der Waals surface area contributed by atoms with Crippen LogP contribution in [0.2, 0.25) is 0 Å². The highest BCUT2D eigenvalue weighted by Crippen LogP contribution is 2.63. The van der Waals surface area contributed by atoms with Gasteiger partial charge in [-0.2, -0.15) is 0 Å². The predicted octanol–water partition coefficient (Wildman–Crippen LogP) is 11.1. The van der Waals surface area contributed by atoms with Gasteiger partial charge in [0.2, 0.25) is 0 Å². The van der Waals surface area contributed by atoms with Gasteiger partial charge in [0, 0.05) is 0 Å². The van der Waals surface area contributed by atoms with Gasteiger partial charge in [-0.25, -0.2) is 0 Å². The summed E-state index contributed by atoms with van der Waals surface area (Å²) in [4.78, 5) is 11.2. The van der Waals surface area contributed by atoms with Crippen molar-refractivity contribution in [2.75, 3.05) is 0 Å². The third kappa shape index (κ3) is 6.77. The second-order valence-corrected chi connectivity index (χ2v) is 15.5. The van der Waals surface area contributed by atoms with Gasteiger partial charge in [-0.15, -0.1) is 0 Å². The number of hydrogen-bond acceptors (Lipinski definition) is 2. The molecule has 2 heteroatoms. The third-order valence-electron chi connectivity index (χ3n) is 14.1. The molecule has 0 radical (unpaired) electrons. The van der Waals surface area contributed by atoms with Gasteiger partial charge < -0.3 is 4.74 Å². The summed E-state index contributed by atoms with van der Waals surface area (Å²) in [7, 11) is 0. The van der Waals surface area contributed by atoms with E-state index in [4.69, 9.17) is 4.74 Å². The summed E-state index contributed by atoms with van der Waals surface area (Å²) in [6.07, 6.45) is 36.5. The SMILES string of the molecule is CCC1CCC(C2(CC(C3CCCCC3)C3(C4CCC(CC)CC4)CCCCC3)CCC(OC=O)CC2)CC1. The molecule has 5 aliphatic carbocycles. The van der Waals surface area contributed by atoms with Crippen molar-refractivity contribution in [1.29, 1.82) is 0 Å². The zero-order chi connectivity index (χ0) is 27.1. The molecule has 0 saturated heterocycles. The third-order valence-corrected chi connectivity index (χ3v) is 14.1. The lowest BCUT2D eigenvalue weighted by Gasteiger charge is -2.58. The number of hydrogen-bond donors (Lipinski definition) is 0. The van der Waals surface area contributed by atoms with Gasteiger partial charge in [0.1, 0.15) is 6.10 Å². The molecule has 5 saturated carbocycles. The van der Waals surface area contributed by atoms with E-state index in [1.807, 2.05) is 0 Å². The van der Waals surface area contributed by atoms with E-state index in [0.717, 1.165) is 54.8 Å². The van der Waals surface area contributed by atoms with Crippen LogP contribution < -0.4 is 0 Å². The summed E-state index contributed by atoms with van der Waals surface area (Å²) >= 11 is 0. The van der Waals surface area contributed by atoms with Gasteiger partial charge in [-0.3, -0.25) is 4.79 Å². The zero-order valence-corrected chi connectivity index (χ0v) is 26.1. The fourth-order valence-corrected chi connectivity index (χ4v) is 11.6. The van der Waals surface area contributed by atoms with Crippen LogP contribution >= 0.6 is 0 Å². The molecule has 5 aliphatic rings. The molecule has 1 atom stereocenters. The minimum atomic E-state index is 0.184. The van der Waals surface area contributed by atoms with Gasteiger partial charge >= 0.3 is 0 Å². The highest BCUT2D eigenvalue weighted by molar-refractivity contribution is 5.37. The van der Waals surface area contributed by atoms with Crippen LogP contribution in [0.15, 0.2) is 0 Å². The van der Waals surface area contributed by atoms with Gasteiger partial charge in [0.15, 0.2) is 0 Å². The lowest BCUT2D eigenvalue weighted by atomic mass is 9.47. The highest BCUT2D eigenvalue weighted by Gasteiger charge is 2.53. The molecule has 2 nitrogen and oxygen atoms in total. The summed E-state index contributed by atoms with van der Waals surface area (Å²) < 4.78 is 5.59. The van der Waals surface area contributed by atoms with Gasteiger partial charge in [0.05, 0.1) is 0 Å². The van der Waals surface area contributed by atoms with E-state index < -0.39 is 0 Å². The smallest absolute Gasteiger partial charge is 0.293 e. The van der Waals surface area contributed by atoms with Crippen LogP contribution in [0.25, 0.3) is 0 Å². The second-order valence-electron chi connectivity index (χ2n) is 15.5. The van der Waals surface area contributed by atoms with E-state index in [1.54, 1.807) is 12.8 Å². The molecule has 0 aliphatic heterocycles. The molecule has 0 N–H and O–H groups in total. The molecule has 0 bridgehead atoms. The lowest BCUT2D eigenvalue weighted by molar-refractivity contribution is -0.138. The van der Waals surface area contributed by atoms with Crippen molar-refractivity contribution in [2.45, 2.75) is 180 Å². The average molecular weight is 541 g/mol. The number of rotatable bonds is 10. The molecule has 0 aromatic rings. The topological polar surface area (TPSA) is 26.3 Å². The summed E-state index contributed by atoms with van der Waals surface area (Å²) in [6, 6.07) is 0. The van der Waals surface area contributed by atoms with Crippen LogP contribution in [-0.2, 0) is 9.53 Å². The van der Waals surface area contributed by atoms with E-state index in [9.17, 15) is 4.79 Å². The predicted molar refractivity (Wildman–Crippen MR) is 164 cm³/mol. The van der Waals surface area contributed by atoms with Crippen LogP contribution in [0.5, 0.6) is 0 Å². The van der Waals surface area contributed by atoms with Crippen LogP contribution in [-0.4, -0.2) is 12.6 Å². The summed E-state index contributed by atoms with van der Waals surface area (Å²) in [5.41, 5.74) is 1.14. The minimum Gasteiger partial charge on any atom is -0.465 e. The van der Waals surface area contributed by atoms with Crippen molar-refractivity contribution < 1.29 is 9.53 Å². The van der Waals surface area contributed by atoms with Crippen molar-refractivity contribution >= 4 is 6.47 Å². The Bertz CT molecular complexity index is 708. The fraction of sp³-hybridized carbons (Fsp3) is 0.973. The summed E-state index contributed by atoms with van der Waals surface area (Å²) in [5.74, 6) is 5.82. The maximum atomic E-state index is 11.2. The first-order valence-electron chi connectivity index (χ1n) is 18.2. The van der Waals surface area contributed by atoms with Crippen molar-refractivity contribution in [2.24, 2.45) is 46.3 Å². The molecule has 1 unspecified atom stereocenters. The van der Waals surface area contributed by atoms with Crippen LogP contribution in [0.4, 0.5) is 0 Å². The standard InChI is InChI=1S/C37H64O2/c1-3-29-13-17-32(18-14-29)36(25-21-34(22-26-36)39-28-38)27-35(31-11-7-5-8-12-31)37(23-9-6-10-24-37)33-19-15-30(4-2)16-20-33/h28-35H,3-27H2,1-2H3. The molecule has 5 rings (SSSR count). The molecule has 0 aromatic heterocycles. The van der Waals surface area contributed by atoms with E-state index in [1.165, 1.54) is 135 Å².